The molecule has 0 unspecified atom stereocenters. The molecule has 1 fully saturated rings. The molecule has 2 aromatic carbocycles. The molecule has 0 atom stereocenters. The zero-order chi connectivity index (χ0) is 23.5. The van der Waals surface area contributed by atoms with Gasteiger partial charge < -0.3 is 19.3 Å². The summed E-state index contributed by atoms with van der Waals surface area (Å²) in [6, 6.07) is 13.2. The van der Waals surface area contributed by atoms with E-state index in [4.69, 9.17) is 9.47 Å². The second kappa shape index (κ2) is 9.30. The molecular formula is C23H22FN7O3. The van der Waals surface area contributed by atoms with E-state index in [2.05, 4.69) is 20.3 Å². The van der Waals surface area contributed by atoms with Gasteiger partial charge >= 0.3 is 0 Å². The topological polar surface area (TPSA) is 98.5 Å². The van der Waals surface area contributed by atoms with Gasteiger partial charge in [0.15, 0.2) is 23.6 Å². The number of rotatable bonds is 6. The number of halogens is 1. The van der Waals surface area contributed by atoms with Crippen LogP contribution in [0.1, 0.15) is 0 Å². The zero-order valence-electron chi connectivity index (χ0n) is 18.5. The summed E-state index contributed by atoms with van der Waals surface area (Å²) in [6.07, 6.45) is 1.44. The second-order valence-electron chi connectivity index (χ2n) is 7.69. The summed E-state index contributed by atoms with van der Waals surface area (Å²) < 4.78 is 26.0. The Morgan fingerprint density at radius 3 is 2.62 bits per heavy atom. The van der Waals surface area contributed by atoms with E-state index in [9.17, 15) is 9.18 Å². The highest BCUT2D eigenvalue weighted by atomic mass is 19.1. The standard InChI is InChI=1S/C23H22FN7O3/c1-33-18-6-3-7-19(13-18)34-14-20(32)29-8-10-30(11-9-29)22-21-23(26-15-25-22)31(28-27-21)17-5-2-4-16(24)12-17/h2-7,12-13,15H,8-11,14H2,1H3. The SMILES string of the molecule is COc1cccc(OCC(=O)N2CCN(c3ncnc4c3nnn4-c3cccc(F)c3)CC2)c1. The maximum absolute atomic E-state index is 13.7. The maximum atomic E-state index is 13.7. The van der Waals surface area contributed by atoms with E-state index in [-0.39, 0.29) is 18.3 Å². The summed E-state index contributed by atoms with van der Waals surface area (Å²) >= 11 is 0. The fourth-order valence-electron chi connectivity index (χ4n) is 3.84. The molecule has 5 rings (SSSR count). The number of carbonyl (C=O) groups is 1. The van der Waals surface area contributed by atoms with Gasteiger partial charge in [0.1, 0.15) is 23.6 Å². The number of hydrogen-bond donors (Lipinski definition) is 0. The first-order chi connectivity index (χ1) is 16.6. The van der Waals surface area contributed by atoms with Crippen molar-refractivity contribution in [1.82, 2.24) is 29.9 Å². The first-order valence-electron chi connectivity index (χ1n) is 10.7. The number of ether oxygens (including phenoxy) is 2. The molecule has 34 heavy (non-hydrogen) atoms. The predicted molar refractivity (Wildman–Crippen MR) is 122 cm³/mol. The molecule has 0 radical (unpaired) electrons. The van der Waals surface area contributed by atoms with Crippen LogP contribution in [0.25, 0.3) is 16.9 Å². The number of amides is 1. The van der Waals surface area contributed by atoms with Crippen molar-refractivity contribution in [2.45, 2.75) is 0 Å². The summed E-state index contributed by atoms with van der Waals surface area (Å²) in [5, 5.41) is 8.40. The number of aromatic nitrogens is 5. The van der Waals surface area contributed by atoms with Gasteiger partial charge in [-0.2, -0.15) is 4.68 Å². The Hall–Kier alpha value is -4.28. The van der Waals surface area contributed by atoms with Crippen LogP contribution in [0, 0.1) is 5.82 Å². The molecule has 1 saturated heterocycles. The van der Waals surface area contributed by atoms with Gasteiger partial charge in [-0.25, -0.2) is 14.4 Å². The summed E-state index contributed by atoms with van der Waals surface area (Å²) in [6.45, 7) is 2.13. The molecule has 174 valence electrons. The van der Waals surface area contributed by atoms with Crippen LogP contribution in [-0.4, -0.2) is 75.7 Å². The monoisotopic (exact) mass is 463 g/mol. The largest absolute Gasteiger partial charge is 0.497 e. The minimum absolute atomic E-state index is 0.0487. The van der Waals surface area contributed by atoms with Gasteiger partial charge in [-0.15, -0.1) is 5.10 Å². The van der Waals surface area contributed by atoms with Crippen molar-refractivity contribution in [1.29, 1.82) is 0 Å². The van der Waals surface area contributed by atoms with Crippen LogP contribution in [0.15, 0.2) is 54.9 Å². The number of hydrogen-bond acceptors (Lipinski definition) is 8. The number of nitrogens with zero attached hydrogens (tertiary/aromatic N) is 7. The van der Waals surface area contributed by atoms with Gasteiger partial charge in [0.2, 0.25) is 0 Å². The van der Waals surface area contributed by atoms with E-state index in [0.717, 1.165) is 0 Å². The van der Waals surface area contributed by atoms with Crippen molar-refractivity contribution in [3.05, 3.63) is 60.7 Å². The first-order valence-corrected chi connectivity index (χ1v) is 10.7. The van der Waals surface area contributed by atoms with Crippen molar-refractivity contribution in [2.75, 3.05) is 44.8 Å². The molecule has 11 heteroatoms. The third kappa shape index (κ3) is 4.32. The Bertz CT molecular complexity index is 1320. The van der Waals surface area contributed by atoms with Crippen LogP contribution in [0.3, 0.4) is 0 Å². The lowest BCUT2D eigenvalue weighted by Gasteiger charge is -2.35. The van der Waals surface area contributed by atoms with Crippen LogP contribution in [0.5, 0.6) is 11.5 Å². The van der Waals surface area contributed by atoms with E-state index in [1.165, 1.54) is 23.1 Å². The fourth-order valence-corrected chi connectivity index (χ4v) is 3.84. The summed E-state index contributed by atoms with van der Waals surface area (Å²) in [7, 11) is 1.58. The molecule has 4 aromatic rings. The molecule has 10 nitrogen and oxygen atoms in total. The number of fused-ring (bicyclic) bond motifs is 1. The van der Waals surface area contributed by atoms with Gasteiger partial charge in [-0.3, -0.25) is 4.79 Å². The fraction of sp³-hybridized carbons (Fsp3) is 0.261. The molecule has 0 N–H and O–H groups in total. The number of anilines is 1. The van der Waals surface area contributed by atoms with E-state index < -0.39 is 0 Å². The van der Waals surface area contributed by atoms with E-state index in [1.807, 2.05) is 17.0 Å². The summed E-state index contributed by atoms with van der Waals surface area (Å²) in [5.41, 5.74) is 1.53. The van der Waals surface area contributed by atoms with Crippen LogP contribution in [0.2, 0.25) is 0 Å². The molecule has 1 aliphatic heterocycles. The smallest absolute Gasteiger partial charge is 0.260 e. The van der Waals surface area contributed by atoms with Crippen LogP contribution >= 0.6 is 0 Å². The van der Waals surface area contributed by atoms with Gasteiger partial charge in [-0.1, -0.05) is 17.3 Å². The lowest BCUT2D eigenvalue weighted by molar-refractivity contribution is -0.133. The number of carbonyl (C=O) groups excluding carboxylic acids is 1. The second-order valence-corrected chi connectivity index (χ2v) is 7.69. The first kappa shape index (κ1) is 21.6. The van der Waals surface area contributed by atoms with E-state index >= 15 is 0 Å². The van der Waals surface area contributed by atoms with Crippen LogP contribution in [0.4, 0.5) is 10.2 Å². The molecule has 0 aliphatic carbocycles. The quantitative estimate of drug-likeness (QED) is 0.429. The minimum Gasteiger partial charge on any atom is -0.497 e. The Morgan fingerprint density at radius 1 is 1.03 bits per heavy atom. The average Bonchev–Trinajstić information content (AvgIpc) is 3.32. The molecule has 1 amide bonds. The Morgan fingerprint density at radius 2 is 1.82 bits per heavy atom. The van der Waals surface area contributed by atoms with E-state index in [1.54, 1.807) is 36.3 Å². The van der Waals surface area contributed by atoms with Gasteiger partial charge in [0.25, 0.3) is 5.91 Å². The lowest BCUT2D eigenvalue weighted by Crippen LogP contribution is -2.50. The van der Waals surface area contributed by atoms with Gasteiger partial charge in [-0.05, 0) is 30.3 Å². The van der Waals surface area contributed by atoms with Crippen molar-refractivity contribution in [3.8, 4) is 17.2 Å². The predicted octanol–water partition coefficient (Wildman–Crippen LogP) is 2.09. The molecule has 2 aromatic heterocycles. The molecule has 0 bridgehead atoms. The van der Waals surface area contributed by atoms with Crippen molar-refractivity contribution in [3.63, 3.8) is 0 Å². The van der Waals surface area contributed by atoms with Crippen molar-refractivity contribution in [2.24, 2.45) is 0 Å². The highest BCUT2D eigenvalue weighted by Gasteiger charge is 2.25. The molecule has 0 saturated carbocycles. The number of piperazine rings is 1. The Balaban J connectivity index is 1.25. The van der Waals surface area contributed by atoms with Crippen molar-refractivity contribution >= 4 is 22.9 Å². The third-order valence-corrected chi connectivity index (χ3v) is 5.61. The maximum Gasteiger partial charge on any atom is 0.260 e. The molecular weight excluding hydrogens is 441 g/mol. The summed E-state index contributed by atoms with van der Waals surface area (Å²) in [4.78, 5) is 25.1. The van der Waals surface area contributed by atoms with Crippen LogP contribution < -0.4 is 14.4 Å². The Kier molecular flexibility index (Phi) is 5.90. The van der Waals surface area contributed by atoms with Gasteiger partial charge in [0, 0.05) is 32.2 Å². The average molecular weight is 463 g/mol. The number of benzene rings is 2. The highest BCUT2D eigenvalue weighted by Crippen LogP contribution is 2.24. The minimum atomic E-state index is -0.369. The summed E-state index contributed by atoms with van der Waals surface area (Å²) in [5.74, 6) is 1.42. The zero-order valence-corrected chi connectivity index (χ0v) is 18.5. The van der Waals surface area contributed by atoms with Gasteiger partial charge in [0.05, 0.1) is 12.8 Å². The molecule has 1 aliphatic rings. The normalized spacial score (nSPS) is 13.8. The number of methoxy groups -OCH3 is 1. The molecule has 3 heterocycles. The van der Waals surface area contributed by atoms with Crippen LogP contribution in [-0.2, 0) is 4.79 Å². The lowest BCUT2D eigenvalue weighted by atomic mass is 10.3. The highest BCUT2D eigenvalue weighted by molar-refractivity contribution is 5.84. The third-order valence-electron chi connectivity index (χ3n) is 5.61. The van der Waals surface area contributed by atoms with Crippen molar-refractivity contribution < 1.29 is 18.7 Å². The molecule has 0 spiro atoms. The Labute approximate surface area is 194 Å². The van der Waals surface area contributed by atoms with E-state index in [0.29, 0.717) is 60.3 Å².